The predicted molar refractivity (Wildman–Crippen MR) is 55.1 cm³/mol. The molecule has 0 bridgehead atoms. The third kappa shape index (κ3) is 1.92. The Morgan fingerprint density at radius 1 is 1.27 bits per heavy atom. The highest BCUT2D eigenvalue weighted by molar-refractivity contribution is 6.00. The Hall–Kier alpha value is -0.860. The van der Waals surface area contributed by atoms with Gasteiger partial charge in [-0.2, -0.15) is 0 Å². The molecule has 3 nitrogen and oxygen atoms in total. The number of ketones is 1. The lowest BCUT2D eigenvalue weighted by molar-refractivity contribution is -0.139. The SMILES string of the molecule is O=C1CCN(CC2CC2C2CC2)C(=O)C1. The number of hydrogen-bond acceptors (Lipinski definition) is 2. The van der Waals surface area contributed by atoms with Gasteiger partial charge in [-0.3, -0.25) is 9.59 Å². The number of hydrogen-bond donors (Lipinski definition) is 0. The molecule has 1 aliphatic heterocycles. The van der Waals surface area contributed by atoms with Crippen LogP contribution in [-0.4, -0.2) is 29.7 Å². The minimum Gasteiger partial charge on any atom is -0.342 e. The van der Waals surface area contributed by atoms with E-state index >= 15 is 0 Å². The van der Waals surface area contributed by atoms with Crippen molar-refractivity contribution < 1.29 is 9.59 Å². The van der Waals surface area contributed by atoms with Gasteiger partial charge in [-0.05, 0) is 37.0 Å². The molecule has 1 saturated heterocycles. The second kappa shape index (κ2) is 3.32. The largest absolute Gasteiger partial charge is 0.342 e. The molecular formula is C12H17NO2. The van der Waals surface area contributed by atoms with Crippen LogP contribution in [0.5, 0.6) is 0 Å². The molecule has 2 aliphatic carbocycles. The van der Waals surface area contributed by atoms with Crippen LogP contribution in [0.25, 0.3) is 0 Å². The summed E-state index contributed by atoms with van der Waals surface area (Å²) in [6.07, 6.45) is 4.87. The molecule has 3 aliphatic rings. The Morgan fingerprint density at radius 3 is 2.73 bits per heavy atom. The molecule has 2 unspecified atom stereocenters. The molecule has 2 atom stereocenters. The molecule has 3 fully saturated rings. The zero-order chi connectivity index (χ0) is 10.4. The fourth-order valence-electron chi connectivity index (χ4n) is 2.81. The maximum Gasteiger partial charge on any atom is 0.230 e. The maximum absolute atomic E-state index is 11.6. The van der Waals surface area contributed by atoms with Crippen molar-refractivity contribution in [2.24, 2.45) is 17.8 Å². The highest BCUT2D eigenvalue weighted by atomic mass is 16.2. The van der Waals surface area contributed by atoms with Gasteiger partial charge in [0.15, 0.2) is 0 Å². The van der Waals surface area contributed by atoms with Crippen molar-refractivity contribution in [3.8, 4) is 0 Å². The lowest BCUT2D eigenvalue weighted by Crippen LogP contribution is -2.40. The molecule has 15 heavy (non-hydrogen) atoms. The summed E-state index contributed by atoms with van der Waals surface area (Å²) in [4.78, 5) is 24.5. The Balaban J connectivity index is 1.51. The summed E-state index contributed by atoms with van der Waals surface area (Å²) in [5, 5.41) is 0. The summed E-state index contributed by atoms with van der Waals surface area (Å²) in [5.74, 6) is 2.83. The number of amides is 1. The molecular weight excluding hydrogens is 190 g/mol. The third-order valence-corrected chi connectivity index (χ3v) is 4.02. The fraction of sp³-hybridized carbons (Fsp3) is 0.833. The predicted octanol–water partition coefficient (Wildman–Crippen LogP) is 1.22. The first-order chi connectivity index (χ1) is 7.24. The lowest BCUT2D eigenvalue weighted by atomic mass is 10.1. The quantitative estimate of drug-likeness (QED) is 0.653. The van der Waals surface area contributed by atoms with Gasteiger partial charge in [0.25, 0.3) is 0 Å². The van der Waals surface area contributed by atoms with Crippen LogP contribution in [-0.2, 0) is 9.59 Å². The Kier molecular flexibility index (Phi) is 2.08. The molecule has 0 spiro atoms. The van der Waals surface area contributed by atoms with Crippen LogP contribution in [0.1, 0.15) is 32.1 Å². The number of likely N-dealkylation sites (tertiary alicyclic amines) is 1. The van der Waals surface area contributed by atoms with Crippen LogP contribution >= 0.6 is 0 Å². The standard InChI is InChI=1S/C12H17NO2/c14-10-3-4-13(12(15)6-10)7-9-5-11(9)8-1-2-8/h8-9,11H,1-7H2. The molecule has 0 radical (unpaired) electrons. The van der Waals surface area contributed by atoms with Gasteiger partial charge in [0, 0.05) is 19.5 Å². The second-order valence-corrected chi connectivity index (χ2v) is 5.30. The smallest absolute Gasteiger partial charge is 0.230 e. The van der Waals surface area contributed by atoms with E-state index in [9.17, 15) is 9.59 Å². The van der Waals surface area contributed by atoms with E-state index in [-0.39, 0.29) is 18.1 Å². The van der Waals surface area contributed by atoms with Gasteiger partial charge < -0.3 is 4.90 Å². The molecule has 0 aromatic heterocycles. The van der Waals surface area contributed by atoms with E-state index in [2.05, 4.69) is 0 Å². The van der Waals surface area contributed by atoms with Gasteiger partial charge in [-0.1, -0.05) is 0 Å². The Bertz CT molecular complexity index is 309. The van der Waals surface area contributed by atoms with Crippen molar-refractivity contribution in [2.45, 2.75) is 32.1 Å². The molecule has 3 heteroatoms. The highest BCUT2D eigenvalue weighted by Gasteiger charge is 2.48. The van der Waals surface area contributed by atoms with Crippen LogP contribution in [0.15, 0.2) is 0 Å². The molecule has 2 saturated carbocycles. The van der Waals surface area contributed by atoms with Gasteiger partial charge >= 0.3 is 0 Å². The van der Waals surface area contributed by atoms with E-state index in [4.69, 9.17) is 0 Å². The van der Waals surface area contributed by atoms with Gasteiger partial charge in [0.2, 0.25) is 5.91 Å². The lowest BCUT2D eigenvalue weighted by Gasteiger charge is -2.26. The van der Waals surface area contributed by atoms with E-state index in [1.54, 1.807) is 0 Å². The summed E-state index contributed by atoms with van der Waals surface area (Å²) in [6, 6.07) is 0. The third-order valence-electron chi connectivity index (χ3n) is 4.02. The first kappa shape index (κ1) is 9.37. The van der Waals surface area contributed by atoms with Crippen molar-refractivity contribution in [2.75, 3.05) is 13.1 Å². The normalized spacial score (nSPS) is 35.9. The average Bonchev–Trinajstić information content (AvgIpc) is 3.01. The van der Waals surface area contributed by atoms with E-state index in [0.29, 0.717) is 13.0 Å². The fourth-order valence-corrected chi connectivity index (χ4v) is 2.81. The summed E-state index contributed by atoms with van der Waals surface area (Å²) >= 11 is 0. The van der Waals surface area contributed by atoms with Crippen molar-refractivity contribution in [3.63, 3.8) is 0 Å². The van der Waals surface area contributed by atoms with Crippen LogP contribution in [0, 0.1) is 17.8 Å². The summed E-state index contributed by atoms with van der Waals surface area (Å²) < 4.78 is 0. The van der Waals surface area contributed by atoms with Gasteiger partial charge in [0.05, 0.1) is 6.42 Å². The summed E-state index contributed by atoms with van der Waals surface area (Å²) in [5.41, 5.74) is 0. The molecule has 1 heterocycles. The number of nitrogens with zero attached hydrogens (tertiary/aromatic N) is 1. The first-order valence-corrected chi connectivity index (χ1v) is 6.03. The van der Waals surface area contributed by atoms with Gasteiger partial charge in [-0.15, -0.1) is 0 Å². The number of Topliss-reactive ketones (excluding diaryl/α,β-unsaturated/α-hetero) is 1. The topological polar surface area (TPSA) is 37.4 Å². The van der Waals surface area contributed by atoms with E-state index < -0.39 is 0 Å². The summed E-state index contributed by atoms with van der Waals surface area (Å²) in [6.45, 7) is 1.60. The minimum absolute atomic E-state index is 0.0627. The monoisotopic (exact) mass is 207 g/mol. The van der Waals surface area contributed by atoms with E-state index in [1.165, 1.54) is 19.3 Å². The Morgan fingerprint density at radius 2 is 2.07 bits per heavy atom. The molecule has 0 N–H and O–H groups in total. The zero-order valence-corrected chi connectivity index (χ0v) is 8.95. The van der Waals surface area contributed by atoms with Gasteiger partial charge in [0.1, 0.15) is 5.78 Å². The van der Waals surface area contributed by atoms with Gasteiger partial charge in [-0.25, -0.2) is 0 Å². The molecule has 0 aromatic carbocycles. The average molecular weight is 207 g/mol. The van der Waals surface area contributed by atoms with Crippen molar-refractivity contribution in [1.82, 2.24) is 4.90 Å². The van der Waals surface area contributed by atoms with Crippen LogP contribution in [0.2, 0.25) is 0 Å². The molecule has 82 valence electrons. The van der Waals surface area contributed by atoms with Crippen LogP contribution in [0.4, 0.5) is 0 Å². The first-order valence-electron chi connectivity index (χ1n) is 6.03. The highest BCUT2D eigenvalue weighted by Crippen LogP contribution is 2.54. The van der Waals surface area contributed by atoms with Crippen LogP contribution < -0.4 is 0 Å². The number of rotatable bonds is 3. The summed E-state index contributed by atoms with van der Waals surface area (Å²) in [7, 11) is 0. The van der Waals surface area contributed by atoms with Crippen molar-refractivity contribution in [1.29, 1.82) is 0 Å². The number of carbonyl (C=O) groups is 2. The van der Waals surface area contributed by atoms with Crippen molar-refractivity contribution >= 4 is 11.7 Å². The molecule has 3 rings (SSSR count). The zero-order valence-electron chi connectivity index (χ0n) is 8.95. The Labute approximate surface area is 89.8 Å². The van der Waals surface area contributed by atoms with E-state index in [1.807, 2.05) is 4.90 Å². The number of carbonyl (C=O) groups excluding carboxylic acids is 2. The molecule has 1 amide bonds. The second-order valence-electron chi connectivity index (χ2n) is 5.30. The van der Waals surface area contributed by atoms with Crippen molar-refractivity contribution in [3.05, 3.63) is 0 Å². The maximum atomic E-state index is 11.6. The number of piperidine rings is 1. The molecule has 0 aromatic rings. The van der Waals surface area contributed by atoms with Crippen LogP contribution in [0.3, 0.4) is 0 Å². The minimum atomic E-state index is 0.0627. The van der Waals surface area contributed by atoms with E-state index in [0.717, 1.165) is 24.3 Å².